The van der Waals surface area contributed by atoms with Gasteiger partial charge in [0.25, 0.3) is 0 Å². The molecule has 0 saturated carbocycles. The van der Waals surface area contributed by atoms with Crippen molar-refractivity contribution in [3.8, 4) is 0 Å². The summed E-state index contributed by atoms with van der Waals surface area (Å²) in [5, 5.41) is 9.38. The topological polar surface area (TPSA) is 53.2 Å². The lowest BCUT2D eigenvalue weighted by Crippen LogP contribution is -2.59. The number of halogens is 1. The molecule has 0 spiro atoms. The van der Waals surface area contributed by atoms with Gasteiger partial charge in [-0.1, -0.05) is 12.1 Å². The fourth-order valence-corrected chi connectivity index (χ4v) is 2.24. The Morgan fingerprint density at radius 3 is 2.75 bits per heavy atom. The molecule has 1 saturated heterocycles. The summed E-state index contributed by atoms with van der Waals surface area (Å²) in [7, 11) is 0. The van der Waals surface area contributed by atoms with Gasteiger partial charge in [0.1, 0.15) is 5.82 Å². The molecule has 1 aliphatic heterocycles. The van der Waals surface area contributed by atoms with Crippen molar-refractivity contribution in [3.05, 3.63) is 35.1 Å². The lowest BCUT2D eigenvalue weighted by molar-refractivity contribution is -0.124. The largest absolute Gasteiger partial charge is 0.348 e. The Morgan fingerprint density at radius 1 is 1.40 bits per heavy atom. The maximum Gasteiger partial charge on any atom is 0.238 e. The minimum atomic E-state index is -0.241. The summed E-state index contributed by atoms with van der Waals surface area (Å²) in [4.78, 5) is 12.1. The number of carbonyl (C=O) groups excluding carboxylic acids is 1. The first-order chi connectivity index (χ1) is 9.47. The van der Waals surface area contributed by atoms with Crippen LogP contribution in [-0.2, 0) is 4.79 Å². The zero-order valence-corrected chi connectivity index (χ0v) is 12.2. The van der Waals surface area contributed by atoms with Gasteiger partial charge in [0.2, 0.25) is 5.91 Å². The molecular formula is C15H22FN3O. The van der Waals surface area contributed by atoms with Crippen molar-refractivity contribution in [1.29, 1.82) is 0 Å². The van der Waals surface area contributed by atoms with E-state index in [4.69, 9.17) is 0 Å². The Balaban J connectivity index is 1.95. The van der Waals surface area contributed by atoms with E-state index in [9.17, 15) is 9.18 Å². The van der Waals surface area contributed by atoms with Gasteiger partial charge in [-0.2, -0.15) is 0 Å². The minimum Gasteiger partial charge on any atom is -0.348 e. The third-order valence-corrected chi connectivity index (χ3v) is 3.71. The average molecular weight is 279 g/mol. The van der Waals surface area contributed by atoms with Gasteiger partial charge in [0.05, 0.1) is 12.1 Å². The predicted octanol–water partition coefficient (Wildman–Crippen LogP) is 1.26. The summed E-state index contributed by atoms with van der Waals surface area (Å²) in [6.45, 7) is 7.04. The molecule has 1 aliphatic rings. The Bertz CT molecular complexity index is 484. The second-order valence-electron chi connectivity index (χ2n) is 5.51. The highest BCUT2D eigenvalue weighted by Gasteiger charge is 2.24. The first kappa shape index (κ1) is 14.9. The van der Waals surface area contributed by atoms with Crippen LogP contribution in [0.5, 0.6) is 0 Å². The van der Waals surface area contributed by atoms with Gasteiger partial charge in [-0.05, 0) is 38.0 Å². The maximum atomic E-state index is 13.5. The second-order valence-corrected chi connectivity index (χ2v) is 5.51. The Kier molecular flexibility index (Phi) is 4.73. The highest BCUT2D eigenvalue weighted by atomic mass is 19.1. The van der Waals surface area contributed by atoms with Gasteiger partial charge < -0.3 is 16.0 Å². The molecule has 20 heavy (non-hydrogen) atoms. The lowest BCUT2D eigenvalue weighted by Gasteiger charge is -2.29. The molecule has 1 heterocycles. The highest BCUT2D eigenvalue weighted by molar-refractivity contribution is 5.82. The smallest absolute Gasteiger partial charge is 0.238 e. The third kappa shape index (κ3) is 3.55. The Morgan fingerprint density at radius 2 is 2.15 bits per heavy atom. The second kappa shape index (κ2) is 6.33. The van der Waals surface area contributed by atoms with E-state index in [2.05, 4.69) is 22.9 Å². The maximum absolute atomic E-state index is 13.5. The first-order valence-electron chi connectivity index (χ1n) is 7.00. The molecule has 0 aromatic heterocycles. The molecule has 110 valence electrons. The molecule has 3 atom stereocenters. The van der Waals surface area contributed by atoms with Crippen LogP contribution in [0.15, 0.2) is 18.2 Å². The molecule has 3 unspecified atom stereocenters. The third-order valence-electron chi connectivity index (χ3n) is 3.71. The van der Waals surface area contributed by atoms with Gasteiger partial charge in [-0.15, -0.1) is 0 Å². The molecule has 4 nitrogen and oxygen atoms in total. The average Bonchev–Trinajstić information content (AvgIpc) is 2.42. The van der Waals surface area contributed by atoms with Crippen LogP contribution in [0.4, 0.5) is 4.39 Å². The SMILES string of the molecule is Cc1ccc(C(C)NC(=O)C2CNC(C)CN2)cc1F. The molecule has 1 aromatic rings. The van der Waals surface area contributed by atoms with Crippen LogP contribution in [0, 0.1) is 12.7 Å². The van der Waals surface area contributed by atoms with E-state index in [0.717, 1.165) is 12.1 Å². The van der Waals surface area contributed by atoms with Crippen LogP contribution in [-0.4, -0.2) is 31.1 Å². The zero-order chi connectivity index (χ0) is 14.7. The summed E-state index contributed by atoms with van der Waals surface area (Å²) >= 11 is 0. The van der Waals surface area contributed by atoms with Gasteiger partial charge in [0.15, 0.2) is 0 Å². The van der Waals surface area contributed by atoms with Gasteiger partial charge in [-0.25, -0.2) is 4.39 Å². The molecule has 0 bridgehead atoms. The quantitative estimate of drug-likeness (QED) is 0.781. The highest BCUT2D eigenvalue weighted by Crippen LogP contribution is 2.16. The van der Waals surface area contributed by atoms with Crippen LogP contribution in [0.2, 0.25) is 0 Å². The Hall–Kier alpha value is -1.46. The molecule has 0 radical (unpaired) electrons. The van der Waals surface area contributed by atoms with E-state index in [1.165, 1.54) is 6.07 Å². The van der Waals surface area contributed by atoms with E-state index < -0.39 is 0 Å². The number of carbonyl (C=O) groups is 1. The first-order valence-corrected chi connectivity index (χ1v) is 7.00. The molecule has 1 amide bonds. The number of hydrogen-bond donors (Lipinski definition) is 3. The molecule has 5 heteroatoms. The standard InChI is InChI=1S/C15H22FN3O/c1-9-4-5-12(6-13(9)16)11(3)19-15(20)14-8-17-10(2)7-18-14/h4-6,10-11,14,17-18H,7-8H2,1-3H3,(H,19,20). The fraction of sp³-hybridized carbons (Fsp3) is 0.533. The van der Waals surface area contributed by atoms with Crippen LogP contribution in [0.1, 0.15) is 31.0 Å². The van der Waals surface area contributed by atoms with E-state index in [1.807, 2.05) is 13.0 Å². The van der Waals surface area contributed by atoms with Crippen molar-refractivity contribution < 1.29 is 9.18 Å². The predicted molar refractivity (Wildman–Crippen MR) is 77.0 cm³/mol. The van der Waals surface area contributed by atoms with E-state index >= 15 is 0 Å². The molecule has 1 fully saturated rings. The molecule has 0 aliphatic carbocycles. The van der Waals surface area contributed by atoms with Crippen molar-refractivity contribution in [3.63, 3.8) is 0 Å². The number of benzene rings is 1. The molecule has 1 aromatic carbocycles. The summed E-state index contributed by atoms with van der Waals surface area (Å²) < 4.78 is 13.5. The summed E-state index contributed by atoms with van der Waals surface area (Å²) in [5.41, 5.74) is 1.39. The number of nitrogens with one attached hydrogen (secondary N) is 3. The number of piperazine rings is 1. The van der Waals surface area contributed by atoms with E-state index in [-0.39, 0.29) is 23.8 Å². The van der Waals surface area contributed by atoms with Crippen LogP contribution < -0.4 is 16.0 Å². The van der Waals surface area contributed by atoms with E-state index in [0.29, 0.717) is 18.2 Å². The number of aryl methyl sites for hydroxylation is 1. The van der Waals surface area contributed by atoms with Crippen molar-refractivity contribution in [2.75, 3.05) is 13.1 Å². The normalized spacial score (nSPS) is 24.2. The zero-order valence-electron chi connectivity index (χ0n) is 12.2. The van der Waals surface area contributed by atoms with Gasteiger partial charge in [0, 0.05) is 19.1 Å². The molecule has 2 rings (SSSR count). The van der Waals surface area contributed by atoms with Crippen molar-refractivity contribution in [2.24, 2.45) is 0 Å². The van der Waals surface area contributed by atoms with Crippen molar-refractivity contribution >= 4 is 5.91 Å². The summed E-state index contributed by atoms with van der Waals surface area (Å²) in [6.07, 6.45) is 0. The van der Waals surface area contributed by atoms with Crippen LogP contribution in [0.3, 0.4) is 0 Å². The molecule has 3 N–H and O–H groups in total. The lowest BCUT2D eigenvalue weighted by atomic mass is 10.1. The van der Waals surface area contributed by atoms with E-state index in [1.54, 1.807) is 13.0 Å². The fourth-order valence-electron chi connectivity index (χ4n) is 2.24. The summed E-state index contributed by atoms with van der Waals surface area (Å²) in [6, 6.07) is 4.99. The van der Waals surface area contributed by atoms with Gasteiger partial charge in [-0.3, -0.25) is 4.79 Å². The summed E-state index contributed by atoms with van der Waals surface area (Å²) in [5.74, 6) is -0.298. The van der Waals surface area contributed by atoms with Crippen LogP contribution >= 0.6 is 0 Å². The number of amides is 1. The molecular weight excluding hydrogens is 257 g/mol. The monoisotopic (exact) mass is 279 g/mol. The Labute approximate surface area is 119 Å². The van der Waals surface area contributed by atoms with Crippen molar-refractivity contribution in [2.45, 2.75) is 38.9 Å². The van der Waals surface area contributed by atoms with Crippen molar-refractivity contribution in [1.82, 2.24) is 16.0 Å². The number of hydrogen-bond acceptors (Lipinski definition) is 3. The van der Waals surface area contributed by atoms with Gasteiger partial charge >= 0.3 is 0 Å². The minimum absolute atomic E-state index is 0.0575. The van der Waals surface area contributed by atoms with Crippen LogP contribution in [0.25, 0.3) is 0 Å². The number of rotatable bonds is 3.